The number of nitrogens with two attached hydrogens (primary N) is 1. The molecule has 6 heterocycles. The van der Waals surface area contributed by atoms with Crippen LogP contribution in [-0.2, 0) is 36.9 Å². The Balaban J connectivity index is 0.803. The number of aromatic nitrogens is 3. The van der Waals surface area contributed by atoms with Crippen LogP contribution in [-0.4, -0.2) is 172 Å². The van der Waals surface area contributed by atoms with Crippen LogP contribution in [0, 0.1) is 5.92 Å². The van der Waals surface area contributed by atoms with Crippen molar-refractivity contribution in [3.05, 3.63) is 107 Å². The van der Waals surface area contributed by atoms with Gasteiger partial charge in [0.25, 0.3) is 11.8 Å². The number of imide groups is 1. The number of likely N-dealkylation sites (tertiary alicyclic amines) is 1. The van der Waals surface area contributed by atoms with Gasteiger partial charge in [0.15, 0.2) is 35.0 Å². The fourth-order valence-electron chi connectivity index (χ4n) is 12.0. The molecule has 91 heavy (non-hydrogen) atoms. The van der Waals surface area contributed by atoms with E-state index in [0.29, 0.717) is 116 Å². The number of aliphatic hydroxyl groups is 1. The summed E-state index contributed by atoms with van der Waals surface area (Å²) in [6.07, 6.45) is 8.49. The number of carbonyl (C=O) groups is 8. The Morgan fingerprint density at radius 1 is 0.802 bits per heavy atom. The fourth-order valence-corrected chi connectivity index (χ4v) is 12.6. The van der Waals surface area contributed by atoms with Gasteiger partial charge in [-0.2, -0.15) is 11.8 Å². The number of Topliss-reactive ketones (excluding diaryl/α,β-unsaturated/α-hetero) is 1. The molecule has 3 saturated heterocycles. The number of carbonyl (C=O) groups excluding carboxylic acids is 8. The van der Waals surface area contributed by atoms with Crippen molar-refractivity contribution in [2.24, 2.45) is 16.6 Å². The molecule has 5 N–H and O–H groups in total. The summed E-state index contributed by atoms with van der Waals surface area (Å²) < 4.78 is 31.1. The predicted molar refractivity (Wildman–Crippen MR) is 339 cm³/mol. The van der Waals surface area contributed by atoms with E-state index in [2.05, 4.69) is 39.1 Å². The van der Waals surface area contributed by atoms with E-state index in [1.54, 1.807) is 53.7 Å². The van der Waals surface area contributed by atoms with Gasteiger partial charge in [-0.1, -0.05) is 74.1 Å². The fraction of sp³-hybridized carbons (Fsp3) is 0.492. The summed E-state index contributed by atoms with van der Waals surface area (Å²) in [7, 11) is 2.96. The van der Waals surface area contributed by atoms with Gasteiger partial charge in [-0.25, -0.2) is 19.2 Å². The summed E-state index contributed by atoms with van der Waals surface area (Å²) in [5.74, 6) is -0.0281. The summed E-state index contributed by atoms with van der Waals surface area (Å²) in [6.45, 7) is 13.5. The maximum absolute atomic E-state index is 14.4. The summed E-state index contributed by atoms with van der Waals surface area (Å²) >= 11 is 1.37. The highest BCUT2D eigenvalue weighted by molar-refractivity contribution is 8.00. The van der Waals surface area contributed by atoms with E-state index < -0.39 is 42.4 Å². The molecule has 3 aromatic carbocycles. The molecule has 6 atom stereocenters. The van der Waals surface area contributed by atoms with Crippen molar-refractivity contribution >= 4 is 76.8 Å². The number of benzene rings is 3. The molecule has 0 saturated carbocycles. The number of anilines is 1. The van der Waals surface area contributed by atoms with E-state index >= 15 is 0 Å². The molecule has 0 aliphatic carbocycles. The van der Waals surface area contributed by atoms with Crippen LogP contribution in [0.15, 0.2) is 84.0 Å². The molecular formula is C65H81N11O14S. The quantitative estimate of drug-likeness (QED) is 0.0226. The smallest absolute Gasteiger partial charge is 0.416 e. The Kier molecular flexibility index (Phi) is 22.2. The van der Waals surface area contributed by atoms with Gasteiger partial charge in [-0.15, -0.1) is 5.10 Å². The minimum absolute atomic E-state index is 0.0222. The van der Waals surface area contributed by atoms with Crippen molar-refractivity contribution in [1.29, 1.82) is 0 Å². The summed E-state index contributed by atoms with van der Waals surface area (Å²) in [4.78, 5) is 116. The SMILES string of the molecule is C=C1C[C@H]2C=Nc3cc(OCCCCCOc4cc5c(cc4OC)C(=O)N4CC(=C)C[C@H]4[C@H](O)N5C(=O)OCc4ccc(CC(=O)[C@H](CCCNC(N)=O)n5cc([C@@H](NC(=O)CCCCCN6C(=O)CC(SC)C6=O)C(C)C)nn5)cc4)c(OC)cc3C(=O)N2C1. The maximum atomic E-state index is 14.4. The zero-order valence-corrected chi connectivity index (χ0v) is 53.0. The molecule has 5 aliphatic rings. The lowest BCUT2D eigenvalue weighted by molar-refractivity contribution is -0.138. The Hall–Kier alpha value is -8.78. The van der Waals surface area contributed by atoms with Crippen LogP contribution in [0.1, 0.15) is 141 Å². The van der Waals surface area contributed by atoms with Crippen LogP contribution in [0.3, 0.4) is 0 Å². The molecule has 3 fully saturated rings. The highest BCUT2D eigenvalue weighted by atomic mass is 32.2. The predicted octanol–water partition coefficient (Wildman–Crippen LogP) is 7.32. The molecule has 4 aromatic rings. The number of aliphatic imine (C=N–C) groups is 1. The Morgan fingerprint density at radius 3 is 2.14 bits per heavy atom. The number of fused-ring (bicyclic) bond motifs is 4. The molecule has 0 spiro atoms. The summed E-state index contributed by atoms with van der Waals surface area (Å²) in [5.41, 5.74) is 9.78. The number of ether oxygens (including phenoxy) is 5. The van der Waals surface area contributed by atoms with Gasteiger partial charge in [-0.05, 0) is 93.2 Å². The minimum Gasteiger partial charge on any atom is -0.493 e. The van der Waals surface area contributed by atoms with Crippen molar-refractivity contribution in [2.45, 2.75) is 140 Å². The second kappa shape index (κ2) is 30.4. The van der Waals surface area contributed by atoms with Gasteiger partial charge in [0.1, 0.15) is 18.3 Å². The number of rotatable bonds is 30. The van der Waals surface area contributed by atoms with Gasteiger partial charge in [0.2, 0.25) is 17.7 Å². The molecular weight excluding hydrogens is 1190 g/mol. The lowest BCUT2D eigenvalue weighted by atomic mass is 9.99. The normalized spacial score (nSPS) is 19.2. The number of aliphatic hydroxyl groups excluding tert-OH is 1. The molecule has 9 rings (SSSR count). The monoisotopic (exact) mass is 1270 g/mol. The average Bonchev–Trinajstić information content (AvgIpc) is 1.65. The van der Waals surface area contributed by atoms with Gasteiger partial charge < -0.3 is 55.0 Å². The highest BCUT2D eigenvalue weighted by Crippen LogP contribution is 2.43. The lowest BCUT2D eigenvalue weighted by Crippen LogP contribution is -2.50. The Bertz CT molecular complexity index is 3440. The van der Waals surface area contributed by atoms with Crippen LogP contribution >= 0.6 is 11.8 Å². The number of unbranched alkanes of at least 4 members (excludes halogenated alkanes) is 4. The van der Waals surface area contributed by atoms with E-state index in [0.717, 1.165) is 10.5 Å². The third-order valence-corrected chi connectivity index (χ3v) is 17.8. The Morgan fingerprint density at radius 2 is 1.46 bits per heavy atom. The minimum atomic E-state index is -1.53. The molecule has 1 unspecified atom stereocenters. The van der Waals surface area contributed by atoms with Gasteiger partial charge in [0.05, 0.1) is 79.5 Å². The summed E-state index contributed by atoms with van der Waals surface area (Å²) in [5, 5.41) is 26.1. The molecule has 486 valence electrons. The number of primary amides is 1. The second-order valence-corrected chi connectivity index (χ2v) is 24.8. The van der Waals surface area contributed by atoms with E-state index in [9.17, 15) is 43.5 Å². The number of hydrogen-bond acceptors (Lipinski definition) is 18. The number of amides is 8. The van der Waals surface area contributed by atoms with Crippen LogP contribution in [0.25, 0.3) is 0 Å². The molecule has 5 aliphatic heterocycles. The van der Waals surface area contributed by atoms with Gasteiger partial charge in [0, 0.05) is 63.8 Å². The van der Waals surface area contributed by atoms with Crippen molar-refractivity contribution in [3.8, 4) is 23.0 Å². The number of nitrogens with zero attached hydrogens (tertiary/aromatic N) is 8. The first-order valence-corrected chi connectivity index (χ1v) is 32.1. The third kappa shape index (κ3) is 15.9. The molecule has 25 nitrogen and oxygen atoms in total. The standard InChI is InChI=1S/C65H81N11O14S/c1-38(2)59(69-57(78)16-10-8-11-22-72-58(79)32-56(91-7)63(72)83)47-36-75(71-70-47)48(15-14-21-67-64(66)84)51(77)27-41-17-19-42(20-18-41)37-90-65(85)76-49-31-55(53(87-6)29-45(49)61(81)74-35-40(4)26-50(74)62(76)82)89-24-13-9-12-23-88-54-30-46-44(28-52(54)86-5)60(80)73-34-39(3)25-43(73)33-68-46/h17-20,28-31,33,36,38,43,48,50,56,59,62,82H,3-4,8-16,21-27,32,34-35,37H2,1-2,5-7H3,(H,69,78)(H3,66,67,84)/t43-,48-,50-,56?,59-,62-/m0/s1. The maximum Gasteiger partial charge on any atom is 0.416 e. The number of nitrogens with one attached hydrogen (secondary N) is 2. The largest absolute Gasteiger partial charge is 0.493 e. The third-order valence-electron chi connectivity index (χ3n) is 16.9. The number of ketones is 1. The van der Waals surface area contributed by atoms with Crippen molar-refractivity contribution in [2.75, 3.05) is 64.8 Å². The van der Waals surface area contributed by atoms with Crippen LogP contribution in [0.2, 0.25) is 0 Å². The lowest BCUT2D eigenvalue weighted by Gasteiger charge is -2.31. The van der Waals surface area contributed by atoms with Gasteiger partial charge >= 0.3 is 12.1 Å². The first-order chi connectivity index (χ1) is 43.8. The Labute approximate surface area is 533 Å². The molecule has 1 aromatic heterocycles. The van der Waals surface area contributed by atoms with Crippen LogP contribution < -0.4 is 40.2 Å². The summed E-state index contributed by atoms with van der Waals surface area (Å²) in [6, 6.07) is 10.3. The van der Waals surface area contributed by atoms with E-state index in [1.807, 2.05) is 20.1 Å². The van der Waals surface area contributed by atoms with Crippen LogP contribution in [0.5, 0.6) is 23.0 Å². The van der Waals surface area contributed by atoms with E-state index in [4.69, 9.17) is 29.4 Å². The van der Waals surface area contributed by atoms with Crippen molar-refractivity contribution < 1.29 is 67.1 Å². The topological polar surface area (TPSA) is 309 Å². The zero-order chi connectivity index (χ0) is 65.0. The van der Waals surface area contributed by atoms with Crippen molar-refractivity contribution in [3.63, 3.8) is 0 Å². The first kappa shape index (κ1) is 66.6. The molecule has 0 radical (unpaired) electrons. The average molecular weight is 1270 g/mol. The molecule has 8 amide bonds. The first-order valence-electron chi connectivity index (χ1n) is 30.8. The number of methoxy groups -OCH3 is 2. The van der Waals surface area contributed by atoms with Gasteiger partial charge in [-0.3, -0.25) is 38.7 Å². The molecule has 26 heteroatoms. The number of thioether (sulfide) groups is 1. The zero-order valence-electron chi connectivity index (χ0n) is 52.2. The van der Waals surface area contributed by atoms with E-state index in [1.165, 1.54) is 52.6 Å². The second-order valence-electron chi connectivity index (χ2n) is 23.8. The van der Waals surface area contributed by atoms with Crippen molar-refractivity contribution in [1.82, 2.24) is 40.3 Å². The van der Waals surface area contributed by atoms with Crippen LogP contribution in [0.4, 0.5) is 21.0 Å². The highest BCUT2D eigenvalue weighted by Gasteiger charge is 2.47. The van der Waals surface area contributed by atoms with E-state index in [-0.39, 0.29) is 128 Å². The number of urea groups is 1. The molecule has 0 bridgehead atoms. The number of hydrogen-bond donors (Lipinski definition) is 4.